The van der Waals surface area contributed by atoms with Gasteiger partial charge in [-0.25, -0.2) is 8.78 Å². The smallest absolute Gasteiger partial charge is 0.223 e. The third kappa shape index (κ3) is 3.01. The lowest BCUT2D eigenvalue weighted by molar-refractivity contribution is -0.125. The second-order valence-corrected chi connectivity index (χ2v) is 5.37. The van der Waals surface area contributed by atoms with Gasteiger partial charge in [0.25, 0.3) is 0 Å². The van der Waals surface area contributed by atoms with Crippen molar-refractivity contribution in [2.45, 2.75) is 31.7 Å². The molecule has 0 aromatic heterocycles. The van der Waals surface area contributed by atoms with Gasteiger partial charge in [0.2, 0.25) is 5.91 Å². The number of amides is 1. The van der Waals surface area contributed by atoms with Crippen molar-refractivity contribution in [1.29, 1.82) is 0 Å². The molecule has 1 atom stereocenters. The minimum Gasteiger partial charge on any atom is -0.345 e. The molecular weight excluding hydrogens is 284 g/mol. The van der Waals surface area contributed by atoms with Gasteiger partial charge in [-0.05, 0) is 25.0 Å². The summed E-state index contributed by atoms with van der Waals surface area (Å²) in [6.45, 7) is 3.54. The van der Waals surface area contributed by atoms with Gasteiger partial charge in [0.05, 0.1) is 16.6 Å². The van der Waals surface area contributed by atoms with E-state index in [0.717, 1.165) is 37.8 Å². The zero-order valence-corrected chi connectivity index (χ0v) is 11.7. The van der Waals surface area contributed by atoms with Gasteiger partial charge in [0.15, 0.2) is 0 Å². The predicted molar refractivity (Wildman–Crippen MR) is 74.4 cm³/mol. The fraction of sp³-hybridized carbons (Fsp3) is 0.400. The largest absolute Gasteiger partial charge is 0.345 e. The van der Waals surface area contributed by atoms with Crippen LogP contribution in [0.4, 0.5) is 8.78 Å². The highest BCUT2D eigenvalue weighted by molar-refractivity contribution is 6.30. The molecule has 1 aromatic rings. The summed E-state index contributed by atoms with van der Waals surface area (Å²) in [5, 5.41) is 2.46. The fourth-order valence-electron chi connectivity index (χ4n) is 2.54. The van der Waals surface area contributed by atoms with Gasteiger partial charge in [-0.3, -0.25) is 4.79 Å². The first-order valence-electron chi connectivity index (χ1n) is 6.61. The number of carbonyl (C=O) groups excluding carboxylic acids is 1. The van der Waals surface area contributed by atoms with Gasteiger partial charge in [-0.15, -0.1) is 6.58 Å². The number of nitrogens with one attached hydrogen (secondary N) is 1. The topological polar surface area (TPSA) is 29.1 Å². The molecule has 1 unspecified atom stereocenters. The molecule has 2 nitrogen and oxygen atoms in total. The van der Waals surface area contributed by atoms with Crippen LogP contribution < -0.4 is 5.32 Å². The molecule has 0 bridgehead atoms. The molecule has 1 amide bonds. The molecule has 1 saturated carbocycles. The van der Waals surface area contributed by atoms with Crippen LogP contribution >= 0.6 is 11.6 Å². The van der Waals surface area contributed by atoms with Crippen LogP contribution in [-0.4, -0.2) is 5.91 Å². The van der Waals surface area contributed by atoms with E-state index >= 15 is 0 Å². The van der Waals surface area contributed by atoms with E-state index in [4.69, 9.17) is 11.6 Å². The molecular formula is C15H16ClF2NO. The second kappa shape index (κ2) is 6.35. The van der Waals surface area contributed by atoms with E-state index in [1.54, 1.807) is 0 Å². The maximum Gasteiger partial charge on any atom is 0.223 e. The Morgan fingerprint density at radius 3 is 2.65 bits per heavy atom. The van der Waals surface area contributed by atoms with Crippen molar-refractivity contribution in [2.75, 3.05) is 0 Å². The normalized spacial score (nSPS) is 16.9. The Morgan fingerprint density at radius 2 is 2.05 bits per heavy atom. The molecule has 0 saturated heterocycles. The molecule has 1 aromatic carbocycles. The average Bonchev–Trinajstić information content (AvgIpc) is 2.96. The minimum atomic E-state index is -0.915. The van der Waals surface area contributed by atoms with Gasteiger partial charge in [-0.1, -0.05) is 30.5 Å². The minimum absolute atomic E-state index is 0.0808. The van der Waals surface area contributed by atoms with Crippen LogP contribution in [0.25, 0.3) is 0 Å². The Bertz CT molecular complexity index is 527. The highest BCUT2D eigenvalue weighted by atomic mass is 35.5. The van der Waals surface area contributed by atoms with Crippen molar-refractivity contribution in [3.63, 3.8) is 0 Å². The summed E-state index contributed by atoms with van der Waals surface area (Å²) in [6, 6.07) is 1.31. The van der Waals surface area contributed by atoms with Crippen LogP contribution in [-0.2, 0) is 4.79 Å². The molecule has 1 fully saturated rings. The number of benzene rings is 1. The first kappa shape index (κ1) is 15.0. The third-order valence-corrected chi connectivity index (χ3v) is 3.94. The monoisotopic (exact) mass is 299 g/mol. The second-order valence-electron chi connectivity index (χ2n) is 4.96. The SMILES string of the molecule is C=CC(NC(=O)C1CCCC1)c1c(F)ccc(Cl)c1F. The lowest BCUT2D eigenvalue weighted by Crippen LogP contribution is -2.33. The van der Waals surface area contributed by atoms with Gasteiger partial charge in [0.1, 0.15) is 11.6 Å². The molecule has 1 aliphatic rings. The van der Waals surface area contributed by atoms with E-state index < -0.39 is 17.7 Å². The van der Waals surface area contributed by atoms with E-state index in [9.17, 15) is 13.6 Å². The lowest BCUT2D eigenvalue weighted by atomic mass is 10.0. The number of halogens is 3. The van der Waals surface area contributed by atoms with E-state index in [2.05, 4.69) is 11.9 Å². The van der Waals surface area contributed by atoms with E-state index in [1.165, 1.54) is 6.08 Å². The van der Waals surface area contributed by atoms with Crippen molar-refractivity contribution in [3.05, 3.63) is 47.0 Å². The molecule has 2 rings (SSSR count). The van der Waals surface area contributed by atoms with E-state index in [-0.39, 0.29) is 22.4 Å². The van der Waals surface area contributed by atoms with Crippen molar-refractivity contribution >= 4 is 17.5 Å². The van der Waals surface area contributed by atoms with Crippen LogP contribution in [0.3, 0.4) is 0 Å². The predicted octanol–water partition coefficient (Wildman–Crippen LogP) is 4.15. The summed E-state index contributed by atoms with van der Waals surface area (Å²) in [5.74, 6) is -1.87. The van der Waals surface area contributed by atoms with Crippen molar-refractivity contribution in [1.82, 2.24) is 5.32 Å². The van der Waals surface area contributed by atoms with E-state index in [1.807, 2.05) is 0 Å². The van der Waals surface area contributed by atoms with E-state index in [0.29, 0.717) is 0 Å². The molecule has 0 heterocycles. The van der Waals surface area contributed by atoms with Gasteiger partial charge >= 0.3 is 0 Å². The Hall–Kier alpha value is -1.42. The summed E-state index contributed by atoms with van der Waals surface area (Å²) in [7, 11) is 0. The molecule has 0 radical (unpaired) electrons. The van der Waals surface area contributed by atoms with Crippen molar-refractivity contribution in [2.24, 2.45) is 5.92 Å². The Balaban J connectivity index is 2.22. The Kier molecular flexibility index (Phi) is 4.76. The highest BCUT2D eigenvalue weighted by Crippen LogP contribution is 2.29. The maximum absolute atomic E-state index is 14.0. The molecule has 20 heavy (non-hydrogen) atoms. The van der Waals surface area contributed by atoms with Crippen LogP contribution in [0.1, 0.15) is 37.3 Å². The van der Waals surface area contributed by atoms with Gasteiger partial charge < -0.3 is 5.32 Å². The number of carbonyl (C=O) groups is 1. The van der Waals surface area contributed by atoms with Crippen LogP contribution in [0, 0.1) is 17.6 Å². The molecule has 1 aliphatic carbocycles. The fourth-order valence-corrected chi connectivity index (χ4v) is 2.70. The highest BCUT2D eigenvalue weighted by Gasteiger charge is 2.27. The third-order valence-electron chi connectivity index (χ3n) is 3.65. The Labute approximate surface area is 121 Å². The van der Waals surface area contributed by atoms with Gasteiger partial charge in [-0.2, -0.15) is 0 Å². The summed E-state index contributed by atoms with van der Waals surface area (Å²) < 4.78 is 27.8. The van der Waals surface area contributed by atoms with Crippen LogP contribution in [0.2, 0.25) is 5.02 Å². The maximum atomic E-state index is 14.0. The first-order valence-corrected chi connectivity index (χ1v) is 6.98. The molecule has 108 valence electrons. The summed E-state index contributed by atoms with van der Waals surface area (Å²) in [5.41, 5.74) is -0.265. The standard InChI is InChI=1S/C15H16ClF2NO/c1-2-12(19-15(20)9-5-3-4-6-9)13-11(17)8-7-10(16)14(13)18/h2,7-9,12H,1,3-6H2,(H,19,20). The quantitative estimate of drug-likeness (QED) is 0.657. The lowest BCUT2D eigenvalue weighted by Gasteiger charge is -2.19. The van der Waals surface area contributed by atoms with Crippen molar-refractivity contribution < 1.29 is 13.6 Å². The summed E-state index contributed by atoms with van der Waals surface area (Å²) in [6.07, 6.45) is 4.96. The number of hydrogen-bond donors (Lipinski definition) is 1. The van der Waals surface area contributed by atoms with Gasteiger partial charge in [0, 0.05) is 5.92 Å². The zero-order valence-electron chi connectivity index (χ0n) is 11.0. The summed E-state index contributed by atoms with van der Waals surface area (Å²) >= 11 is 5.66. The first-order chi connectivity index (χ1) is 9.54. The summed E-state index contributed by atoms with van der Waals surface area (Å²) in [4.78, 5) is 12.1. The molecule has 0 spiro atoms. The molecule has 0 aliphatic heterocycles. The average molecular weight is 300 g/mol. The van der Waals surface area contributed by atoms with Crippen LogP contribution in [0.15, 0.2) is 24.8 Å². The number of rotatable bonds is 4. The van der Waals surface area contributed by atoms with Crippen LogP contribution in [0.5, 0.6) is 0 Å². The molecule has 5 heteroatoms. The zero-order chi connectivity index (χ0) is 14.7. The number of hydrogen-bond acceptors (Lipinski definition) is 1. The van der Waals surface area contributed by atoms with Crippen molar-refractivity contribution in [3.8, 4) is 0 Å². The molecule has 1 N–H and O–H groups in total. The Morgan fingerprint density at radius 1 is 1.40 bits per heavy atom.